The number of halogens is 2. The predicted octanol–water partition coefficient (Wildman–Crippen LogP) is 4.48. The number of hydrogen-bond donors (Lipinski definition) is 2. The summed E-state index contributed by atoms with van der Waals surface area (Å²) >= 11 is 12.9. The number of rotatable bonds is 5. The number of phenolic OH excluding ortho intramolecular Hbond substituents is 1. The van der Waals surface area contributed by atoms with Crippen LogP contribution >= 0.6 is 35.0 Å². The Morgan fingerprint density at radius 2 is 1.80 bits per heavy atom. The summed E-state index contributed by atoms with van der Waals surface area (Å²) in [5, 5.41) is 20.9. The molecule has 0 aliphatic heterocycles. The van der Waals surface area contributed by atoms with E-state index < -0.39 is 0 Å². The van der Waals surface area contributed by atoms with E-state index in [1.165, 1.54) is 12.1 Å². The number of aromatic nitrogens is 2. The normalized spacial score (nSPS) is 10.6. The molecular formula is C16H11Cl2N3O3S. The fourth-order valence-electron chi connectivity index (χ4n) is 1.94. The summed E-state index contributed by atoms with van der Waals surface area (Å²) in [6.07, 6.45) is 0. The van der Waals surface area contributed by atoms with Crippen molar-refractivity contribution in [2.24, 2.45) is 0 Å². The first-order valence-electron chi connectivity index (χ1n) is 7.01. The quantitative estimate of drug-likeness (QED) is 0.619. The highest BCUT2D eigenvalue weighted by Crippen LogP contribution is 2.25. The highest BCUT2D eigenvalue weighted by Gasteiger charge is 2.12. The van der Waals surface area contributed by atoms with Crippen molar-refractivity contribution in [1.82, 2.24) is 10.2 Å². The number of carbonyl (C=O) groups excluding carboxylic acids is 1. The Morgan fingerprint density at radius 3 is 2.48 bits per heavy atom. The average molecular weight is 396 g/mol. The molecular weight excluding hydrogens is 385 g/mol. The van der Waals surface area contributed by atoms with E-state index in [2.05, 4.69) is 15.5 Å². The molecule has 2 aromatic carbocycles. The number of benzene rings is 2. The minimum Gasteiger partial charge on any atom is -0.508 e. The van der Waals surface area contributed by atoms with Gasteiger partial charge in [0.15, 0.2) is 0 Å². The number of anilines is 1. The summed E-state index contributed by atoms with van der Waals surface area (Å²) < 4.78 is 5.49. The van der Waals surface area contributed by atoms with Crippen molar-refractivity contribution in [2.45, 2.75) is 5.22 Å². The average Bonchev–Trinajstić information content (AvgIpc) is 3.01. The van der Waals surface area contributed by atoms with Gasteiger partial charge in [-0.25, -0.2) is 0 Å². The number of hydrogen-bond acceptors (Lipinski definition) is 6. The lowest BCUT2D eigenvalue weighted by Gasteiger charge is -2.05. The minimum absolute atomic E-state index is 0.0847. The molecule has 0 fully saturated rings. The molecule has 1 amide bonds. The number of carbonyl (C=O) groups is 1. The SMILES string of the molecule is O=C(CSc1nnc(-c2ccc(O)cc2)o1)Nc1cc(Cl)cc(Cl)c1. The Labute approximate surface area is 157 Å². The maximum atomic E-state index is 12.0. The largest absolute Gasteiger partial charge is 0.508 e. The van der Waals surface area contributed by atoms with Gasteiger partial charge in [-0.3, -0.25) is 4.79 Å². The Balaban J connectivity index is 1.58. The summed E-state index contributed by atoms with van der Waals surface area (Å²) in [7, 11) is 0. The second-order valence-corrected chi connectivity index (χ2v) is 6.71. The molecule has 0 atom stereocenters. The number of nitrogens with zero attached hydrogens (tertiary/aromatic N) is 2. The van der Waals surface area contributed by atoms with Gasteiger partial charge in [0, 0.05) is 21.3 Å². The molecule has 0 aliphatic carbocycles. The van der Waals surface area contributed by atoms with E-state index in [4.69, 9.17) is 27.6 Å². The van der Waals surface area contributed by atoms with Crippen LogP contribution in [0.4, 0.5) is 5.69 Å². The van der Waals surface area contributed by atoms with E-state index in [0.717, 1.165) is 11.8 Å². The summed E-state index contributed by atoms with van der Waals surface area (Å²) in [5.41, 5.74) is 1.19. The molecule has 1 heterocycles. The fourth-order valence-corrected chi connectivity index (χ4v) is 3.03. The van der Waals surface area contributed by atoms with Gasteiger partial charge in [-0.15, -0.1) is 10.2 Å². The molecule has 3 rings (SSSR count). The van der Waals surface area contributed by atoms with Crippen LogP contribution in [-0.2, 0) is 4.79 Å². The van der Waals surface area contributed by atoms with Gasteiger partial charge in [-0.1, -0.05) is 35.0 Å². The second kappa shape index (κ2) is 7.77. The Bertz CT molecular complexity index is 880. The van der Waals surface area contributed by atoms with E-state index in [9.17, 15) is 9.90 Å². The predicted molar refractivity (Wildman–Crippen MR) is 97.2 cm³/mol. The number of aromatic hydroxyl groups is 1. The third-order valence-electron chi connectivity index (χ3n) is 2.99. The molecule has 0 radical (unpaired) electrons. The van der Waals surface area contributed by atoms with Crippen LogP contribution in [0, 0.1) is 0 Å². The smallest absolute Gasteiger partial charge is 0.277 e. The van der Waals surface area contributed by atoms with E-state index in [1.54, 1.807) is 30.3 Å². The number of amides is 1. The zero-order valence-electron chi connectivity index (χ0n) is 12.6. The Hall–Kier alpha value is -2.22. The molecule has 9 heteroatoms. The molecule has 128 valence electrons. The second-order valence-electron chi connectivity index (χ2n) is 4.91. The van der Waals surface area contributed by atoms with Crippen LogP contribution < -0.4 is 5.32 Å². The van der Waals surface area contributed by atoms with Crippen LogP contribution in [0.3, 0.4) is 0 Å². The van der Waals surface area contributed by atoms with E-state index in [1.807, 2.05) is 0 Å². The molecule has 0 aliphatic rings. The van der Waals surface area contributed by atoms with Gasteiger partial charge in [0.05, 0.1) is 5.75 Å². The molecule has 0 saturated carbocycles. The van der Waals surface area contributed by atoms with E-state index in [0.29, 0.717) is 27.2 Å². The topological polar surface area (TPSA) is 88.2 Å². The summed E-state index contributed by atoms with van der Waals surface area (Å²) in [6.45, 7) is 0. The number of thioether (sulfide) groups is 1. The van der Waals surface area contributed by atoms with Crippen LogP contribution in [0.25, 0.3) is 11.5 Å². The molecule has 2 N–H and O–H groups in total. The van der Waals surface area contributed by atoms with E-state index in [-0.39, 0.29) is 22.6 Å². The standard InChI is InChI=1S/C16H11Cl2N3O3S/c17-10-5-11(18)7-12(6-10)19-14(23)8-25-16-21-20-15(24-16)9-1-3-13(22)4-2-9/h1-7,22H,8H2,(H,19,23). The lowest BCUT2D eigenvalue weighted by atomic mass is 10.2. The lowest BCUT2D eigenvalue weighted by Crippen LogP contribution is -2.13. The van der Waals surface area contributed by atoms with Crippen LogP contribution in [0.1, 0.15) is 0 Å². The zero-order chi connectivity index (χ0) is 17.8. The summed E-state index contributed by atoms with van der Waals surface area (Å²) in [4.78, 5) is 12.0. The number of nitrogens with one attached hydrogen (secondary N) is 1. The molecule has 1 aromatic heterocycles. The Morgan fingerprint density at radius 1 is 1.12 bits per heavy atom. The van der Waals surface area contributed by atoms with Crippen molar-refractivity contribution >= 4 is 46.6 Å². The maximum Gasteiger partial charge on any atom is 0.277 e. The first-order chi connectivity index (χ1) is 12.0. The third-order valence-corrected chi connectivity index (χ3v) is 4.25. The lowest BCUT2D eigenvalue weighted by molar-refractivity contribution is -0.113. The van der Waals surface area contributed by atoms with Crippen molar-refractivity contribution < 1.29 is 14.3 Å². The van der Waals surface area contributed by atoms with E-state index >= 15 is 0 Å². The van der Waals surface area contributed by atoms with Gasteiger partial charge in [0.25, 0.3) is 5.22 Å². The van der Waals surface area contributed by atoms with Gasteiger partial charge in [0.2, 0.25) is 11.8 Å². The third kappa shape index (κ3) is 4.88. The fraction of sp³-hybridized carbons (Fsp3) is 0.0625. The van der Waals surface area contributed by atoms with Crippen LogP contribution in [0.5, 0.6) is 5.75 Å². The highest BCUT2D eigenvalue weighted by atomic mass is 35.5. The van der Waals surface area contributed by atoms with Crippen molar-refractivity contribution in [3.63, 3.8) is 0 Å². The van der Waals surface area contributed by atoms with Crippen molar-refractivity contribution in [3.8, 4) is 17.2 Å². The monoisotopic (exact) mass is 395 g/mol. The molecule has 0 saturated heterocycles. The van der Waals surface area contributed by atoms with Gasteiger partial charge < -0.3 is 14.8 Å². The van der Waals surface area contributed by atoms with Crippen LogP contribution in [-0.4, -0.2) is 27.0 Å². The van der Waals surface area contributed by atoms with Crippen LogP contribution in [0.15, 0.2) is 52.1 Å². The Kier molecular flexibility index (Phi) is 5.47. The minimum atomic E-state index is -0.257. The summed E-state index contributed by atoms with van der Waals surface area (Å²) in [6, 6.07) is 11.2. The molecule has 0 unspecified atom stereocenters. The highest BCUT2D eigenvalue weighted by molar-refractivity contribution is 7.99. The van der Waals surface area contributed by atoms with Gasteiger partial charge in [0.1, 0.15) is 5.75 Å². The van der Waals surface area contributed by atoms with Crippen LogP contribution in [0.2, 0.25) is 10.0 Å². The van der Waals surface area contributed by atoms with Gasteiger partial charge in [-0.2, -0.15) is 0 Å². The first-order valence-corrected chi connectivity index (χ1v) is 8.75. The maximum absolute atomic E-state index is 12.0. The first kappa shape index (κ1) is 17.6. The number of phenols is 1. The van der Waals surface area contributed by atoms with Crippen molar-refractivity contribution in [1.29, 1.82) is 0 Å². The summed E-state index contributed by atoms with van der Waals surface area (Å²) in [5.74, 6) is 0.286. The van der Waals surface area contributed by atoms with Crippen molar-refractivity contribution in [2.75, 3.05) is 11.1 Å². The molecule has 0 spiro atoms. The van der Waals surface area contributed by atoms with Gasteiger partial charge >= 0.3 is 0 Å². The molecule has 6 nitrogen and oxygen atoms in total. The zero-order valence-corrected chi connectivity index (χ0v) is 14.9. The van der Waals surface area contributed by atoms with Gasteiger partial charge in [-0.05, 0) is 42.5 Å². The molecule has 3 aromatic rings. The molecule has 25 heavy (non-hydrogen) atoms. The van der Waals surface area contributed by atoms with Crippen molar-refractivity contribution in [3.05, 3.63) is 52.5 Å². The molecule has 0 bridgehead atoms.